The first-order valence-electron chi connectivity index (χ1n) is 11.5. The van der Waals surface area contributed by atoms with Gasteiger partial charge < -0.3 is 0 Å². The summed E-state index contributed by atoms with van der Waals surface area (Å²) < 4.78 is 49.5. The first-order chi connectivity index (χ1) is 17.9. The van der Waals surface area contributed by atoms with Crippen LogP contribution in [0, 0.1) is 19.1 Å². The van der Waals surface area contributed by atoms with Crippen molar-refractivity contribution in [1.82, 2.24) is 9.97 Å². The van der Waals surface area contributed by atoms with E-state index in [-0.39, 0.29) is 26.8 Å². The zero-order chi connectivity index (χ0) is 25.6. The van der Waals surface area contributed by atoms with Gasteiger partial charge in [0.2, 0.25) is 0 Å². The number of hydrogen-bond acceptors (Lipinski definition) is 3. The minimum Gasteiger partial charge on any atom is 2.00 e. The summed E-state index contributed by atoms with van der Waals surface area (Å²) in [5.41, 5.74) is 4.14. The molecule has 0 bridgehead atoms. The van der Waals surface area contributed by atoms with E-state index in [2.05, 4.69) is 60.4 Å². The molecule has 0 saturated carbocycles. The molecule has 1 aliphatic heterocycles. The van der Waals surface area contributed by atoms with Gasteiger partial charge in [-0.25, -0.2) is 0 Å². The third-order valence-corrected chi connectivity index (χ3v) is 15.3. The average molecular weight is 884 g/mol. The maximum atomic E-state index is 13.4. The van der Waals surface area contributed by atoms with Gasteiger partial charge in [0.15, 0.2) is 0 Å². The minimum absolute atomic E-state index is 0. The van der Waals surface area contributed by atoms with Crippen LogP contribution in [0.2, 0.25) is 0 Å². The molecule has 0 N–H and O–H groups in total. The number of fused-ring (bicyclic) bond motifs is 3. The first-order valence-corrected chi connectivity index (χ1v) is 16.7. The van der Waals surface area contributed by atoms with Crippen molar-refractivity contribution in [2.75, 3.05) is 0 Å². The van der Waals surface area contributed by atoms with Gasteiger partial charge in [-0.15, -0.1) is 0 Å². The second-order valence-corrected chi connectivity index (χ2v) is 16.6. The molecule has 8 heteroatoms. The Bertz CT molecular complexity index is 1640. The number of ether oxygens (including phenoxy) is 1. The number of nitrogens with zero attached hydrogens (tertiary/aromatic N) is 2. The van der Waals surface area contributed by atoms with Gasteiger partial charge in [-0.2, -0.15) is 0 Å². The molecular formula is C30H18BiF3N2OPt. The number of hydrogen-bond donors (Lipinski definition) is 0. The van der Waals surface area contributed by atoms with E-state index in [1.54, 1.807) is 12.1 Å². The van der Waals surface area contributed by atoms with E-state index in [0.717, 1.165) is 15.0 Å². The van der Waals surface area contributed by atoms with Gasteiger partial charge in [0.05, 0.1) is 0 Å². The molecule has 0 saturated heterocycles. The van der Waals surface area contributed by atoms with Gasteiger partial charge >= 0.3 is 242 Å². The normalized spacial score (nSPS) is 12.4. The van der Waals surface area contributed by atoms with Gasteiger partial charge in [0, 0.05) is 0 Å². The van der Waals surface area contributed by atoms with Crippen molar-refractivity contribution in [2.24, 2.45) is 0 Å². The van der Waals surface area contributed by atoms with Crippen LogP contribution >= 0.6 is 0 Å². The molecule has 3 aromatic carbocycles. The molecule has 0 radical (unpaired) electrons. The molecule has 3 nitrogen and oxygen atoms in total. The van der Waals surface area contributed by atoms with Crippen molar-refractivity contribution in [3.05, 3.63) is 115 Å². The average Bonchev–Trinajstić information content (AvgIpc) is 3.22. The van der Waals surface area contributed by atoms with Crippen LogP contribution in [0.1, 0.15) is 11.1 Å². The monoisotopic (exact) mass is 883 g/mol. The number of benzene rings is 3. The molecule has 5 aromatic rings. The van der Waals surface area contributed by atoms with Crippen LogP contribution in [-0.4, -0.2) is 31.7 Å². The number of pyridine rings is 2. The minimum atomic E-state index is -4.57. The summed E-state index contributed by atoms with van der Waals surface area (Å²) in [4.78, 5) is 8.55. The molecule has 0 amide bonds. The maximum absolute atomic E-state index is 13.4. The number of alkyl halides is 3. The van der Waals surface area contributed by atoms with Crippen molar-refractivity contribution >= 4 is 31.7 Å². The van der Waals surface area contributed by atoms with Gasteiger partial charge in [-0.05, 0) is 0 Å². The summed E-state index contributed by atoms with van der Waals surface area (Å²) in [6.45, 7) is 2.07. The Morgan fingerprint density at radius 3 is 2.42 bits per heavy atom. The Balaban J connectivity index is 0.00000294. The van der Waals surface area contributed by atoms with Crippen molar-refractivity contribution in [1.29, 1.82) is 0 Å². The quantitative estimate of drug-likeness (QED) is 0.177. The van der Waals surface area contributed by atoms with Crippen molar-refractivity contribution in [2.45, 2.75) is 13.1 Å². The van der Waals surface area contributed by atoms with Crippen LogP contribution in [0.4, 0.5) is 13.2 Å². The number of aryl methyl sites for hydroxylation is 1. The molecule has 2 aromatic heterocycles. The molecule has 0 unspecified atom stereocenters. The molecule has 6 rings (SSSR count). The van der Waals surface area contributed by atoms with Gasteiger partial charge in [0.25, 0.3) is 0 Å². The molecule has 190 valence electrons. The first kappa shape index (κ1) is 26.7. The fourth-order valence-electron chi connectivity index (χ4n) is 4.39. The predicted octanol–water partition coefficient (Wildman–Crippen LogP) is 5.36. The zero-order valence-electron chi connectivity index (χ0n) is 19.9. The van der Waals surface area contributed by atoms with E-state index in [1.165, 1.54) is 35.5 Å². The summed E-state index contributed by atoms with van der Waals surface area (Å²) in [6.07, 6.45) is -1.44. The molecule has 3 heterocycles. The summed E-state index contributed by atoms with van der Waals surface area (Å²) in [6, 6.07) is 30.8. The Hall–Kier alpha value is -2.88. The fraction of sp³-hybridized carbons (Fsp3) is 0.0667. The van der Waals surface area contributed by atoms with E-state index in [0.29, 0.717) is 5.56 Å². The maximum Gasteiger partial charge on any atom is 2.00 e. The van der Waals surface area contributed by atoms with Gasteiger partial charge in [0.1, 0.15) is 0 Å². The molecule has 0 aliphatic carbocycles. The van der Waals surface area contributed by atoms with E-state index in [9.17, 15) is 13.2 Å². The van der Waals surface area contributed by atoms with Crippen molar-refractivity contribution in [3.8, 4) is 33.9 Å². The van der Waals surface area contributed by atoms with E-state index in [1.807, 2.05) is 24.4 Å². The fourth-order valence-corrected chi connectivity index (χ4v) is 14.4. The summed E-state index contributed by atoms with van der Waals surface area (Å²) in [5, 5.41) is 0. The molecule has 0 atom stereocenters. The Morgan fingerprint density at radius 1 is 0.789 bits per heavy atom. The summed E-state index contributed by atoms with van der Waals surface area (Å²) in [5.74, 6) is -0.350. The van der Waals surface area contributed by atoms with Crippen molar-refractivity contribution < 1.29 is 39.0 Å². The van der Waals surface area contributed by atoms with E-state index < -0.39 is 39.4 Å². The van der Waals surface area contributed by atoms with Crippen LogP contribution in [0.15, 0.2) is 91.3 Å². The standard InChI is InChI=1S/C24H12F3NO.C6H6N.Bi.Pt/c25-24(26,27)22-10-5-15-28-23(22)29-21-9-4-8-20(16-21)19-13-11-18(12-14-19)17-6-2-1-3-7-17;1-6-2-4-7-5-3-6;;/h1-6,8-11,13,15H;2-4H,1H3;;/q-2;;;+2. The SMILES string of the molecule is Cc1ccn[c]([Bi]2[c]3[c-]c(-c4[c-]c(Oc5ncccc5C(F)(F)F)ccc4)ccc3-c3cccc[c]32)c1.[Pt+2]. The molecule has 1 aliphatic rings. The summed E-state index contributed by atoms with van der Waals surface area (Å²) >= 11 is -2.69. The van der Waals surface area contributed by atoms with E-state index >= 15 is 0 Å². The van der Waals surface area contributed by atoms with E-state index in [4.69, 9.17) is 9.72 Å². The third kappa shape index (κ3) is 5.07. The van der Waals surface area contributed by atoms with Crippen LogP contribution < -0.4 is 14.7 Å². The van der Waals surface area contributed by atoms with Gasteiger partial charge in [-0.3, -0.25) is 0 Å². The number of halogens is 3. The zero-order valence-corrected chi connectivity index (χ0v) is 25.6. The summed E-state index contributed by atoms with van der Waals surface area (Å²) in [7, 11) is 0. The topological polar surface area (TPSA) is 35.0 Å². The number of aromatic nitrogens is 2. The van der Waals surface area contributed by atoms with Crippen LogP contribution in [0.3, 0.4) is 0 Å². The molecule has 38 heavy (non-hydrogen) atoms. The largest absolute Gasteiger partial charge is 2.00 e. The second kappa shape index (κ2) is 10.7. The van der Waals surface area contributed by atoms with Crippen molar-refractivity contribution in [3.63, 3.8) is 0 Å². The molecular weight excluding hydrogens is 865 g/mol. The molecule has 0 fully saturated rings. The predicted molar refractivity (Wildman–Crippen MR) is 138 cm³/mol. The Labute approximate surface area is 240 Å². The van der Waals surface area contributed by atoms with Crippen LogP contribution in [0.25, 0.3) is 22.3 Å². The smallest absolute Gasteiger partial charge is 2.00 e. The van der Waals surface area contributed by atoms with Crippen LogP contribution in [-0.2, 0) is 27.2 Å². The Morgan fingerprint density at radius 2 is 1.61 bits per heavy atom. The molecule has 0 spiro atoms. The second-order valence-electron chi connectivity index (χ2n) is 8.56. The third-order valence-electron chi connectivity index (χ3n) is 6.06. The Kier molecular flexibility index (Phi) is 7.53. The van der Waals surface area contributed by atoms with Gasteiger partial charge in [-0.1, -0.05) is 0 Å². The number of rotatable bonds is 4. The van der Waals surface area contributed by atoms with Crippen LogP contribution in [0.5, 0.6) is 11.6 Å².